The molecular formula is C15H17N3O3. The van der Waals surface area contributed by atoms with Crippen molar-refractivity contribution in [1.29, 1.82) is 0 Å². The van der Waals surface area contributed by atoms with Crippen molar-refractivity contribution in [2.45, 2.75) is 19.3 Å². The van der Waals surface area contributed by atoms with Gasteiger partial charge in [-0.05, 0) is 36.6 Å². The van der Waals surface area contributed by atoms with Crippen LogP contribution in [0.4, 0.5) is 0 Å². The molecule has 6 heteroatoms. The van der Waals surface area contributed by atoms with E-state index in [9.17, 15) is 4.79 Å². The van der Waals surface area contributed by atoms with Crippen molar-refractivity contribution in [1.82, 2.24) is 15.0 Å². The molecule has 0 radical (unpaired) electrons. The van der Waals surface area contributed by atoms with Crippen LogP contribution in [0.25, 0.3) is 0 Å². The van der Waals surface area contributed by atoms with Gasteiger partial charge >= 0.3 is 0 Å². The summed E-state index contributed by atoms with van der Waals surface area (Å²) in [5, 5.41) is 3.74. The van der Waals surface area contributed by atoms with Gasteiger partial charge in [-0.15, -0.1) is 0 Å². The molecule has 0 N–H and O–H groups in total. The molecular weight excluding hydrogens is 270 g/mol. The van der Waals surface area contributed by atoms with E-state index < -0.39 is 0 Å². The highest BCUT2D eigenvalue weighted by atomic mass is 16.5. The van der Waals surface area contributed by atoms with E-state index in [1.54, 1.807) is 11.9 Å². The highest BCUT2D eigenvalue weighted by Crippen LogP contribution is 2.25. The van der Waals surface area contributed by atoms with E-state index in [4.69, 9.17) is 4.74 Å². The zero-order chi connectivity index (χ0) is 14.7. The van der Waals surface area contributed by atoms with Crippen LogP contribution in [0.1, 0.15) is 28.2 Å². The summed E-state index contributed by atoms with van der Waals surface area (Å²) in [6, 6.07) is 5.63. The molecule has 0 aliphatic carbocycles. The molecule has 0 fully saturated rings. The topological polar surface area (TPSA) is 68.5 Å². The minimum absolute atomic E-state index is 0.00753. The summed E-state index contributed by atoms with van der Waals surface area (Å²) in [6.07, 6.45) is 3.83. The Morgan fingerprint density at radius 1 is 1.43 bits per heavy atom. The molecule has 0 bridgehead atoms. The average Bonchev–Trinajstić information content (AvgIpc) is 3.05. The SMILES string of the molecule is CN(CCc1ncon1)C(=O)c1ccc2c(c1)CCCO2. The summed E-state index contributed by atoms with van der Waals surface area (Å²) in [4.78, 5) is 18.0. The molecule has 1 aliphatic rings. The number of nitrogens with zero attached hydrogens (tertiary/aromatic N) is 3. The largest absolute Gasteiger partial charge is 0.493 e. The first-order valence-electron chi connectivity index (χ1n) is 7.00. The predicted octanol–water partition coefficient (Wildman–Crippen LogP) is 1.71. The summed E-state index contributed by atoms with van der Waals surface area (Å²) in [7, 11) is 1.78. The van der Waals surface area contributed by atoms with E-state index in [0.29, 0.717) is 24.4 Å². The smallest absolute Gasteiger partial charge is 0.253 e. The summed E-state index contributed by atoms with van der Waals surface area (Å²) >= 11 is 0. The molecule has 2 heterocycles. The Labute approximate surface area is 122 Å². The highest BCUT2D eigenvalue weighted by molar-refractivity contribution is 5.94. The molecule has 1 amide bonds. The number of likely N-dealkylation sites (N-methyl/N-ethyl adjacent to an activating group) is 1. The summed E-state index contributed by atoms with van der Waals surface area (Å²) in [5.41, 5.74) is 1.80. The first kappa shape index (κ1) is 13.6. The van der Waals surface area contributed by atoms with E-state index in [-0.39, 0.29) is 5.91 Å². The summed E-state index contributed by atoms with van der Waals surface area (Å²) in [5.74, 6) is 1.49. The molecule has 2 aromatic rings. The fraction of sp³-hybridized carbons (Fsp3) is 0.400. The Morgan fingerprint density at radius 2 is 2.33 bits per heavy atom. The summed E-state index contributed by atoms with van der Waals surface area (Å²) < 4.78 is 10.2. The maximum Gasteiger partial charge on any atom is 0.253 e. The van der Waals surface area contributed by atoms with Crippen molar-refractivity contribution in [3.63, 3.8) is 0 Å². The fourth-order valence-corrected chi connectivity index (χ4v) is 2.39. The Hall–Kier alpha value is -2.37. The van der Waals surface area contributed by atoms with Crippen LogP contribution in [0, 0.1) is 0 Å². The van der Waals surface area contributed by atoms with Gasteiger partial charge in [0.05, 0.1) is 6.61 Å². The quantitative estimate of drug-likeness (QED) is 0.856. The molecule has 21 heavy (non-hydrogen) atoms. The van der Waals surface area contributed by atoms with Crippen molar-refractivity contribution in [2.24, 2.45) is 0 Å². The Kier molecular flexibility index (Phi) is 3.85. The first-order valence-corrected chi connectivity index (χ1v) is 7.00. The van der Waals surface area contributed by atoms with Crippen LogP contribution >= 0.6 is 0 Å². The predicted molar refractivity (Wildman–Crippen MR) is 75.2 cm³/mol. The molecule has 1 aromatic heterocycles. The van der Waals surface area contributed by atoms with Gasteiger partial charge in [-0.3, -0.25) is 4.79 Å². The maximum absolute atomic E-state index is 12.4. The van der Waals surface area contributed by atoms with Crippen LogP contribution in [-0.4, -0.2) is 41.1 Å². The van der Waals surface area contributed by atoms with E-state index in [0.717, 1.165) is 30.8 Å². The number of ether oxygens (including phenoxy) is 1. The number of benzene rings is 1. The van der Waals surface area contributed by atoms with Gasteiger partial charge in [-0.1, -0.05) is 5.16 Å². The number of hydrogen-bond donors (Lipinski definition) is 0. The normalized spacial score (nSPS) is 13.4. The van der Waals surface area contributed by atoms with E-state index in [1.807, 2.05) is 18.2 Å². The average molecular weight is 287 g/mol. The number of carbonyl (C=O) groups excluding carboxylic acids is 1. The number of carbonyl (C=O) groups is 1. The van der Waals surface area contributed by atoms with Crippen LogP contribution in [-0.2, 0) is 12.8 Å². The van der Waals surface area contributed by atoms with Crippen molar-refractivity contribution in [3.8, 4) is 5.75 Å². The van der Waals surface area contributed by atoms with Gasteiger partial charge in [0.2, 0.25) is 6.39 Å². The zero-order valence-corrected chi connectivity index (χ0v) is 11.9. The van der Waals surface area contributed by atoms with Gasteiger partial charge in [0.25, 0.3) is 5.91 Å². The van der Waals surface area contributed by atoms with Gasteiger partial charge in [0, 0.05) is 25.6 Å². The van der Waals surface area contributed by atoms with Gasteiger partial charge in [0.15, 0.2) is 5.82 Å². The molecule has 3 rings (SSSR count). The van der Waals surface area contributed by atoms with Gasteiger partial charge in [-0.25, -0.2) is 0 Å². The second kappa shape index (κ2) is 5.95. The van der Waals surface area contributed by atoms with Crippen LogP contribution in [0.2, 0.25) is 0 Å². The Morgan fingerprint density at radius 3 is 3.14 bits per heavy atom. The zero-order valence-electron chi connectivity index (χ0n) is 11.9. The lowest BCUT2D eigenvalue weighted by Crippen LogP contribution is -2.29. The minimum atomic E-state index is -0.00753. The molecule has 0 spiro atoms. The first-order chi connectivity index (χ1) is 10.2. The molecule has 1 aliphatic heterocycles. The molecule has 0 saturated heterocycles. The van der Waals surface area contributed by atoms with Crippen molar-refractivity contribution in [2.75, 3.05) is 20.2 Å². The van der Waals surface area contributed by atoms with Crippen LogP contribution in [0.5, 0.6) is 5.75 Å². The van der Waals surface area contributed by atoms with Crippen LogP contribution < -0.4 is 4.74 Å². The number of aromatic nitrogens is 2. The third-order valence-corrected chi connectivity index (χ3v) is 3.58. The molecule has 0 saturated carbocycles. The second-order valence-electron chi connectivity index (χ2n) is 5.10. The minimum Gasteiger partial charge on any atom is -0.493 e. The van der Waals surface area contributed by atoms with Gasteiger partial charge < -0.3 is 14.2 Å². The van der Waals surface area contributed by atoms with E-state index in [1.165, 1.54) is 6.39 Å². The third-order valence-electron chi connectivity index (χ3n) is 3.58. The lowest BCUT2D eigenvalue weighted by Gasteiger charge is -2.20. The number of hydrogen-bond acceptors (Lipinski definition) is 5. The van der Waals surface area contributed by atoms with Crippen LogP contribution in [0.3, 0.4) is 0 Å². The molecule has 6 nitrogen and oxygen atoms in total. The number of aryl methyl sites for hydroxylation is 1. The second-order valence-corrected chi connectivity index (χ2v) is 5.10. The highest BCUT2D eigenvalue weighted by Gasteiger charge is 2.16. The monoisotopic (exact) mass is 287 g/mol. The van der Waals surface area contributed by atoms with Gasteiger partial charge in [0.1, 0.15) is 5.75 Å². The van der Waals surface area contributed by atoms with Crippen molar-refractivity contribution < 1.29 is 14.1 Å². The Balaban J connectivity index is 1.66. The molecule has 0 unspecified atom stereocenters. The van der Waals surface area contributed by atoms with E-state index >= 15 is 0 Å². The van der Waals surface area contributed by atoms with Crippen molar-refractivity contribution >= 4 is 5.91 Å². The van der Waals surface area contributed by atoms with E-state index in [2.05, 4.69) is 14.7 Å². The van der Waals surface area contributed by atoms with Crippen LogP contribution in [0.15, 0.2) is 29.1 Å². The van der Waals surface area contributed by atoms with Crippen molar-refractivity contribution in [3.05, 3.63) is 41.5 Å². The lowest BCUT2D eigenvalue weighted by molar-refractivity contribution is 0.0795. The van der Waals surface area contributed by atoms with Gasteiger partial charge in [-0.2, -0.15) is 4.98 Å². The number of fused-ring (bicyclic) bond motifs is 1. The number of amides is 1. The molecule has 110 valence electrons. The fourth-order valence-electron chi connectivity index (χ4n) is 2.39. The lowest BCUT2D eigenvalue weighted by atomic mass is 10.0. The number of rotatable bonds is 4. The summed E-state index contributed by atoms with van der Waals surface area (Å²) in [6.45, 7) is 1.30. The molecule has 1 aromatic carbocycles. The Bertz CT molecular complexity index is 625. The standard InChI is InChI=1S/C15H17N3O3/c1-18(7-6-14-16-10-21-17-14)15(19)12-4-5-13-11(9-12)3-2-8-20-13/h4-5,9-10H,2-3,6-8H2,1H3. The molecule has 0 atom stereocenters. The third kappa shape index (κ3) is 3.04. The maximum atomic E-state index is 12.4.